The summed E-state index contributed by atoms with van der Waals surface area (Å²) in [5, 5.41) is 6.59. The molecule has 118 valence electrons. The number of nitrogens with one attached hydrogen (secondary N) is 2. The van der Waals surface area contributed by atoms with Crippen LogP contribution in [0.25, 0.3) is 0 Å². The van der Waals surface area contributed by atoms with Gasteiger partial charge in [-0.2, -0.15) is 0 Å². The lowest BCUT2D eigenvalue weighted by atomic mass is 10.1. The first kappa shape index (κ1) is 17.3. The van der Waals surface area contributed by atoms with Crippen LogP contribution in [0.2, 0.25) is 0 Å². The molecule has 0 aliphatic carbocycles. The van der Waals surface area contributed by atoms with E-state index in [-0.39, 0.29) is 11.4 Å². The van der Waals surface area contributed by atoms with Crippen LogP contribution in [0.15, 0.2) is 29.3 Å². The molecule has 0 unspecified atom stereocenters. The first-order valence-electron chi connectivity index (χ1n) is 7.27. The van der Waals surface area contributed by atoms with E-state index >= 15 is 0 Å². The molecule has 1 aromatic carbocycles. The zero-order chi connectivity index (χ0) is 15.9. The molecule has 0 atom stereocenters. The van der Waals surface area contributed by atoms with Gasteiger partial charge in [-0.3, -0.25) is 4.99 Å². The van der Waals surface area contributed by atoms with Gasteiger partial charge in [0.1, 0.15) is 5.82 Å². The molecule has 0 fully saturated rings. The second kappa shape index (κ2) is 7.86. The average Bonchev–Trinajstić information content (AvgIpc) is 2.40. The van der Waals surface area contributed by atoms with Crippen molar-refractivity contribution in [2.75, 3.05) is 32.1 Å². The molecular formula is C16H27FN4. The summed E-state index contributed by atoms with van der Waals surface area (Å²) in [7, 11) is 3.73. The summed E-state index contributed by atoms with van der Waals surface area (Å²) < 4.78 is 13.2. The van der Waals surface area contributed by atoms with Crippen LogP contribution in [-0.2, 0) is 0 Å². The van der Waals surface area contributed by atoms with Crippen molar-refractivity contribution in [3.8, 4) is 0 Å². The highest BCUT2D eigenvalue weighted by Crippen LogP contribution is 2.13. The fraction of sp³-hybridized carbons (Fsp3) is 0.562. The topological polar surface area (TPSA) is 39.7 Å². The molecule has 2 N–H and O–H groups in total. The van der Waals surface area contributed by atoms with Crippen LogP contribution in [0.5, 0.6) is 0 Å². The van der Waals surface area contributed by atoms with E-state index in [1.54, 1.807) is 19.2 Å². The number of aliphatic imine (C=N–C) groups is 1. The number of guanidine groups is 1. The number of anilines is 1. The third kappa shape index (κ3) is 6.97. The fourth-order valence-electron chi connectivity index (χ4n) is 1.90. The van der Waals surface area contributed by atoms with Crippen molar-refractivity contribution < 1.29 is 4.39 Å². The highest BCUT2D eigenvalue weighted by molar-refractivity contribution is 5.80. The molecule has 0 radical (unpaired) electrons. The molecule has 21 heavy (non-hydrogen) atoms. The van der Waals surface area contributed by atoms with Crippen LogP contribution in [0.4, 0.5) is 10.1 Å². The molecule has 1 rings (SSSR count). The van der Waals surface area contributed by atoms with Gasteiger partial charge in [-0.1, -0.05) is 6.07 Å². The highest BCUT2D eigenvalue weighted by Gasteiger charge is 2.11. The molecule has 0 aromatic heterocycles. The molecule has 4 nitrogen and oxygen atoms in total. The van der Waals surface area contributed by atoms with E-state index in [1.165, 1.54) is 6.07 Å². The first-order valence-corrected chi connectivity index (χ1v) is 7.27. The van der Waals surface area contributed by atoms with E-state index in [9.17, 15) is 4.39 Å². The molecule has 0 spiro atoms. The molecule has 5 heteroatoms. The first-order chi connectivity index (χ1) is 9.81. The monoisotopic (exact) mass is 294 g/mol. The van der Waals surface area contributed by atoms with Gasteiger partial charge in [0.15, 0.2) is 5.96 Å². The van der Waals surface area contributed by atoms with Crippen molar-refractivity contribution in [3.63, 3.8) is 0 Å². The van der Waals surface area contributed by atoms with Gasteiger partial charge >= 0.3 is 0 Å². The molecule has 0 saturated heterocycles. The minimum absolute atomic E-state index is 0.0137. The lowest BCUT2D eigenvalue weighted by molar-refractivity contribution is 0.501. The smallest absolute Gasteiger partial charge is 0.191 e. The summed E-state index contributed by atoms with van der Waals surface area (Å²) in [6.07, 6.45) is 0.942. The number of hydrogen-bond donors (Lipinski definition) is 2. The highest BCUT2D eigenvalue weighted by atomic mass is 19.1. The molecule has 0 saturated carbocycles. The Balaban J connectivity index is 2.33. The van der Waals surface area contributed by atoms with E-state index in [2.05, 4.69) is 36.4 Å². The fourth-order valence-corrected chi connectivity index (χ4v) is 1.90. The molecule has 0 aliphatic heterocycles. The molecule has 1 aromatic rings. The van der Waals surface area contributed by atoms with Gasteiger partial charge in [-0.15, -0.1) is 0 Å². The summed E-state index contributed by atoms with van der Waals surface area (Å²) in [4.78, 5) is 6.24. The number of rotatable bonds is 5. The average molecular weight is 294 g/mol. The van der Waals surface area contributed by atoms with Crippen LogP contribution < -0.4 is 15.5 Å². The number of halogens is 1. The summed E-state index contributed by atoms with van der Waals surface area (Å²) in [6, 6.07) is 6.65. The van der Waals surface area contributed by atoms with Crippen molar-refractivity contribution in [2.45, 2.75) is 32.7 Å². The molecule has 0 aliphatic rings. The number of nitrogens with zero attached hydrogens (tertiary/aromatic N) is 2. The van der Waals surface area contributed by atoms with E-state index < -0.39 is 0 Å². The van der Waals surface area contributed by atoms with Crippen molar-refractivity contribution in [1.82, 2.24) is 10.6 Å². The quantitative estimate of drug-likeness (QED) is 0.498. The number of hydrogen-bond acceptors (Lipinski definition) is 2. The number of benzene rings is 1. The second-order valence-corrected chi connectivity index (χ2v) is 6.13. The standard InChI is InChI=1S/C16H27FN4/c1-16(2,3)20-15(18-4)19-10-7-11-21(5)14-9-6-8-13(17)12-14/h6,8-9,12H,7,10-11H2,1-5H3,(H2,18,19,20). The Hall–Kier alpha value is -1.78. The van der Waals surface area contributed by atoms with Gasteiger partial charge in [-0.25, -0.2) is 4.39 Å². The Morgan fingerprint density at radius 2 is 2.05 bits per heavy atom. The summed E-state index contributed by atoms with van der Waals surface area (Å²) in [5.74, 6) is 0.600. The Labute approximate surface area is 127 Å². The van der Waals surface area contributed by atoms with Crippen molar-refractivity contribution in [3.05, 3.63) is 30.1 Å². The Kier molecular flexibility index (Phi) is 6.46. The predicted octanol–water partition coefficient (Wildman–Crippen LogP) is 2.62. The second-order valence-electron chi connectivity index (χ2n) is 6.13. The summed E-state index contributed by atoms with van der Waals surface area (Å²) in [6.45, 7) is 7.95. The van der Waals surface area contributed by atoms with Crippen LogP contribution in [-0.4, -0.2) is 38.7 Å². The van der Waals surface area contributed by atoms with Gasteiger partial charge < -0.3 is 15.5 Å². The summed E-state index contributed by atoms with van der Waals surface area (Å²) in [5.41, 5.74) is 0.882. The van der Waals surface area contributed by atoms with Crippen LogP contribution in [0.3, 0.4) is 0 Å². The van der Waals surface area contributed by atoms with Gasteiger partial charge in [0.2, 0.25) is 0 Å². The van der Waals surface area contributed by atoms with Crippen molar-refractivity contribution in [2.24, 2.45) is 4.99 Å². The maximum Gasteiger partial charge on any atom is 0.191 e. The lowest BCUT2D eigenvalue weighted by Crippen LogP contribution is -2.48. The van der Waals surface area contributed by atoms with Crippen molar-refractivity contribution >= 4 is 11.6 Å². The Morgan fingerprint density at radius 3 is 2.62 bits per heavy atom. The SMILES string of the molecule is CN=C(NCCCN(C)c1cccc(F)c1)NC(C)(C)C. The van der Waals surface area contributed by atoms with Crippen LogP contribution >= 0.6 is 0 Å². The zero-order valence-corrected chi connectivity index (χ0v) is 13.7. The van der Waals surface area contributed by atoms with Crippen LogP contribution in [0, 0.1) is 5.82 Å². The van der Waals surface area contributed by atoms with Gasteiger partial charge in [0.25, 0.3) is 0 Å². The zero-order valence-electron chi connectivity index (χ0n) is 13.7. The molecular weight excluding hydrogens is 267 g/mol. The van der Waals surface area contributed by atoms with Crippen LogP contribution in [0.1, 0.15) is 27.2 Å². The molecule has 0 heterocycles. The predicted molar refractivity (Wildman–Crippen MR) is 88.5 cm³/mol. The third-order valence-electron chi connectivity index (χ3n) is 2.93. The normalized spacial score (nSPS) is 12.2. The van der Waals surface area contributed by atoms with E-state index in [0.29, 0.717) is 0 Å². The van der Waals surface area contributed by atoms with Gasteiger partial charge in [0.05, 0.1) is 0 Å². The van der Waals surface area contributed by atoms with Crippen molar-refractivity contribution in [1.29, 1.82) is 0 Å². The molecule has 0 amide bonds. The third-order valence-corrected chi connectivity index (χ3v) is 2.93. The van der Waals surface area contributed by atoms with E-state index in [1.807, 2.05) is 18.0 Å². The maximum absolute atomic E-state index is 13.2. The summed E-state index contributed by atoms with van der Waals surface area (Å²) >= 11 is 0. The maximum atomic E-state index is 13.2. The lowest BCUT2D eigenvalue weighted by Gasteiger charge is -2.24. The Bertz CT molecular complexity index is 466. The Morgan fingerprint density at radius 1 is 1.33 bits per heavy atom. The minimum atomic E-state index is -0.202. The largest absolute Gasteiger partial charge is 0.374 e. The minimum Gasteiger partial charge on any atom is -0.374 e. The van der Waals surface area contributed by atoms with Gasteiger partial charge in [-0.05, 0) is 45.4 Å². The van der Waals surface area contributed by atoms with E-state index in [4.69, 9.17) is 0 Å². The molecule has 0 bridgehead atoms. The van der Waals surface area contributed by atoms with Gasteiger partial charge in [0, 0.05) is 38.4 Å². The van der Waals surface area contributed by atoms with E-state index in [0.717, 1.165) is 31.2 Å².